The topological polar surface area (TPSA) is 119 Å². The zero-order valence-electron chi connectivity index (χ0n) is 14.9. The molecule has 1 aromatic heterocycles. The van der Waals surface area contributed by atoms with Gasteiger partial charge in [0.25, 0.3) is 0 Å². The van der Waals surface area contributed by atoms with Crippen LogP contribution in [0.15, 0.2) is 47.6 Å². The summed E-state index contributed by atoms with van der Waals surface area (Å²) >= 11 is 5.21. The number of aromatic nitrogens is 3. The molecule has 0 amide bonds. The highest BCUT2D eigenvalue weighted by Crippen LogP contribution is 2.36. The van der Waals surface area contributed by atoms with E-state index in [0.29, 0.717) is 22.6 Å². The van der Waals surface area contributed by atoms with Crippen LogP contribution in [0.25, 0.3) is 0 Å². The van der Waals surface area contributed by atoms with Crippen molar-refractivity contribution in [3.63, 3.8) is 0 Å². The molecule has 0 bridgehead atoms. The van der Waals surface area contributed by atoms with E-state index in [-0.39, 0.29) is 5.75 Å². The fourth-order valence-electron chi connectivity index (χ4n) is 2.61. The molecule has 2 N–H and O–H groups in total. The van der Waals surface area contributed by atoms with Gasteiger partial charge in [-0.1, -0.05) is 30.3 Å². The highest BCUT2D eigenvalue weighted by Gasteiger charge is 2.19. The van der Waals surface area contributed by atoms with Crippen LogP contribution in [-0.2, 0) is 12.8 Å². The van der Waals surface area contributed by atoms with Gasteiger partial charge >= 0.3 is 5.69 Å². The smallest absolute Gasteiger partial charge is 0.315 e. The number of aromatic hydroxyl groups is 1. The first kappa shape index (κ1) is 19.2. The van der Waals surface area contributed by atoms with Crippen molar-refractivity contribution < 1.29 is 14.8 Å². The number of nitrogens with one attached hydrogen (secondary N) is 1. The van der Waals surface area contributed by atoms with Gasteiger partial charge in [-0.05, 0) is 30.3 Å². The Labute approximate surface area is 165 Å². The molecule has 0 aliphatic carbocycles. The molecule has 0 saturated carbocycles. The summed E-state index contributed by atoms with van der Waals surface area (Å²) in [5, 5.41) is 32.1. The lowest BCUT2D eigenvalue weighted by molar-refractivity contribution is -0.386. The Balaban J connectivity index is 1.87. The summed E-state index contributed by atoms with van der Waals surface area (Å²) in [4.78, 5) is 10.4. The molecule has 0 spiro atoms. The van der Waals surface area contributed by atoms with E-state index in [4.69, 9.17) is 17.0 Å². The third-order valence-corrected chi connectivity index (χ3v) is 4.28. The van der Waals surface area contributed by atoms with E-state index in [9.17, 15) is 15.2 Å². The minimum absolute atomic E-state index is 0.0178. The summed E-state index contributed by atoms with van der Waals surface area (Å²) in [5.74, 6) is 0.0780. The van der Waals surface area contributed by atoms with Gasteiger partial charge in [0.15, 0.2) is 11.6 Å². The van der Waals surface area contributed by atoms with Gasteiger partial charge < -0.3 is 9.84 Å². The molecule has 2 aromatic carbocycles. The van der Waals surface area contributed by atoms with E-state index >= 15 is 0 Å². The maximum atomic E-state index is 11.1. The van der Waals surface area contributed by atoms with Crippen LogP contribution in [0.2, 0.25) is 0 Å². The number of phenolic OH excluding ortho intramolecular Hbond substituents is 1. The standard InChI is InChI=1S/C18H17N5O4S/c1-27-15-10-13(9-14(17(15)24)23(25)26)11-19-22-16(20-21-18(22)28)8-7-12-5-3-2-4-6-12/h2-6,9-11,24H,7-8H2,1H3,(H,21,28)/b19-11-. The summed E-state index contributed by atoms with van der Waals surface area (Å²) in [7, 11) is 1.31. The molecule has 1 heterocycles. The van der Waals surface area contributed by atoms with E-state index < -0.39 is 16.4 Å². The van der Waals surface area contributed by atoms with Crippen LogP contribution in [0, 0.1) is 14.9 Å². The molecule has 0 unspecified atom stereocenters. The maximum Gasteiger partial charge on any atom is 0.315 e. The third kappa shape index (κ3) is 4.23. The van der Waals surface area contributed by atoms with Gasteiger partial charge in [0.2, 0.25) is 10.5 Å². The predicted molar refractivity (Wildman–Crippen MR) is 106 cm³/mol. The molecule has 0 fully saturated rings. The van der Waals surface area contributed by atoms with E-state index in [2.05, 4.69) is 15.3 Å². The molecule has 3 aromatic rings. The number of phenols is 1. The molecule has 0 atom stereocenters. The van der Waals surface area contributed by atoms with Crippen molar-refractivity contribution in [3.05, 3.63) is 74.3 Å². The van der Waals surface area contributed by atoms with Crippen LogP contribution >= 0.6 is 12.2 Å². The lowest BCUT2D eigenvalue weighted by Crippen LogP contribution is -2.02. The highest BCUT2D eigenvalue weighted by atomic mass is 32.1. The molecule has 0 aliphatic heterocycles. The summed E-state index contributed by atoms with van der Waals surface area (Å²) in [6, 6.07) is 12.6. The fraction of sp³-hybridized carbons (Fsp3) is 0.167. The molecule has 0 radical (unpaired) electrons. The molecule has 9 nitrogen and oxygen atoms in total. The Morgan fingerprint density at radius 3 is 2.79 bits per heavy atom. The number of H-pyrrole nitrogens is 1. The van der Waals surface area contributed by atoms with Crippen LogP contribution in [-0.4, -0.2) is 38.2 Å². The molecule has 144 valence electrons. The van der Waals surface area contributed by atoms with Crippen molar-refractivity contribution in [2.24, 2.45) is 5.10 Å². The Morgan fingerprint density at radius 2 is 2.11 bits per heavy atom. The first-order chi connectivity index (χ1) is 13.5. The maximum absolute atomic E-state index is 11.1. The van der Waals surface area contributed by atoms with Crippen molar-refractivity contribution in [2.45, 2.75) is 12.8 Å². The van der Waals surface area contributed by atoms with Gasteiger partial charge in [-0.3, -0.25) is 15.2 Å². The molecule has 0 aliphatic rings. The second kappa shape index (κ2) is 8.44. The average Bonchev–Trinajstić information content (AvgIpc) is 3.05. The molecular weight excluding hydrogens is 382 g/mol. The normalized spacial score (nSPS) is 11.0. The number of hydrogen-bond donors (Lipinski definition) is 2. The van der Waals surface area contributed by atoms with Gasteiger partial charge in [-0.2, -0.15) is 14.9 Å². The lowest BCUT2D eigenvalue weighted by Gasteiger charge is -2.05. The summed E-state index contributed by atoms with van der Waals surface area (Å²) in [6.07, 6.45) is 2.76. The molecule has 10 heteroatoms. The largest absolute Gasteiger partial charge is 0.500 e. The van der Waals surface area contributed by atoms with Crippen LogP contribution in [0.3, 0.4) is 0 Å². The fourth-order valence-corrected chi connectivity index (χ4v) is 2.81. The van der Waals surface area contributed by atoms with Gasteiger partial charge in [0.05, 0.1) is 18.2 Å². The quantitative estimate of drug-likeness (QED) is 0.272. The van der Waals surface area contributed by atoms with Crippen molar-refractivity contribution in [3.8, 4) is 11.5 Å². The van der Waals surface area contributed by atoms with E-state index in [1.54, 1.807) is 0 Å². The Hall–Kier alpha value is -3.53. The second-order valence-corrected chi connectivity index (χ2v) is 6.22. The van der Waals surface area contributed by atoms with Crippen molar-refractivity contribution in [1.29, 1.82) is 0 Å². The summed E-state index contributed by atoms with van der Waals surface area (Å²) in [5.41, 5.74) is 1.06. The SMILES string of the molecule is COc1cc(/C=N\n2c(CCc3ccccc3)n[nH]c2=S)cc([N+](=O)[O-])c1O. The number of rotatable bonds is 7. The Morgan fingerprint density at radius 1 is 1.36 bits per heavy atom. The molecule has 28 heavy (non-hydrogen) atoms. The van der Waals surface area contributed by atoms with Gasteiger partial charge in [-0.15, -0.1) is 0 Å². The zero-order chi connectivity index (χ0) is 20.1. The minimum atomic E-state index is -0.690. The average molecular weight is 399 g/mol. The van der Waals surface area contributed by atoms with Gasteiger partial charge in [0.1, 0.15) is 0 Å². The number of benzene rings is 2. The zero-order valence-corrected chi connectivity index (χ0v) is 15.7. The van der Waals surface area contributed by atoms with Crippen molar-refractivity contribution in [1.82, 2.24) is 14.9 Å². The number of ether oxygens (including phenoxy) is 1. The van der Waals surface area contributed by atoms with Crippen LogP contribution < -0.4 is 4.74 Å². The van der Waals surface area contributed by atoms with Gasteiger partial charge in [-0.25, -0.2) is 0 Å². The lowest BCUT2D eigenvalue weighted by atomic mass is 10.1. The number of methoxy groups -OCH3 is 1. The van der Waals surface area contributed by atoms with E-state index in [1.807, 2.05) is 30.3 Å². The van der Waals surface area contributed by atoms with Crippen LogP contribution in [0.5, 0.6) is 11.5 Å². The Bertz CT molecular complexity index is 1080. The predicted octanol–water partition coefficient (Wildman–Crippen LogP) is 3.23. The number of hydrogen-bond acceptors (Lipinski definition) is 7. The summed E-state index contributed by atoms with van der Waals surface area (Å²) in [6.45, 7) is 0. The van der Waals surface area contributed by atoms with E-state index in [1.165, 1.54) is 30.1 Å². The van der Waals surface area contributed by atoms with Crippen molar-refractivity contribution in [2.75, 3.05) is 7.11 Å². The van der Waals surface area contributed by atoms with Crippen LogP contribution in [0.1, 0.15) is 17.0 Å². The molecule has 0 saturated heterocycles. The van der Waals surface area contributed by atoms with E-state index in [0.717, 1.165) is 12.0 Å². The first-order valence-electron chi connectivity index (χ1n) is 8.29. The number of nitro benzene ring substituents is 1. The molecule has 3 rings (SSSR count). The Kier molecular flexibility index (Phi) is 5.80. The molecular formula is C18H17N5O4S. The summed E-state index contributed by atoms with van der Waals surface area (Å²) < 4.78 is 6.75. The number of aromatic amines is 1. The first-order valence-corrected chi connectivity index (χ1v) is 8.70. The number of nitro groups is 1. The third-order valence-electron chi connectivity index (χ3n) is 4.01. The highest BCUT2D eigenvalue weighted by molar-refractivity contribution is 7.71. The second-order valence-electron chi connectivity index (χ2n) is 5.83. The van der Waals surface area contributed by atoms with Crippen molar-refractivity contribution >= 4 is 24.1 Å². The monoisotopic (exact) mass is 399 g/mol. The number of nitrogens with zero attached hydrogens (tertiary/aromatic N) is 4. The number of aryl methyl sites for hydroxylation is 2. The van der Waals surface area contributed by atoms with Crippen LogP contribution in [0.4, 0.5) is 5.69 Å². The minimum Gasteiger partial charge on any atom is -0.500 e. The van der Waals surface area contributed by atoms with Gasteiger partial charge in [0, 0.05) is 18.1 Å².